The molecule has 1 aliphatic rings. The number of ether oxygens (including phenoxy) is 2. The van der Waals surface area contributed by atoms with E-state index in [4.69, 9.17) is 9.47 Å². The van der Waals surface area contributed by atoms with Crippen LogP contribution in [0.3, 0.4) is 0 Å². The minimum Gasteiger partial charge on any atom is -0.379 e. The molecular formula is C31H54N6O6S. The Kier molecular flexibility index (Phi) is 15.2. The molecule has 1 fully saturated rings. The van der Waals surface area contributed by atoms with Gasteiger partial charge in [0.2, 0.25) is 23.6 Å². The second kappa shape index (κ2) is 17.8. The second-order valence-corrected chi connectivity index (χ2v) is 13.4. The van der Waals surface area contributed by atoms with Crippen molar-refractivity contribution in [3.63, 3.8) is 0 Å². The molecule has 0 aromatic carbocycles. The van der Waals surface area contributed by atoms with E-state index in [1.165, 1.54) is 11.3 Å². The molecule has 6 unspecified atom stereocenters. The molecule has 3 N–H and O–H groups in total. The highest BCUT2D eigenvalue weighted by Gasteiger charge is 2.42. The van der Waals surface area contributed by atoms with Crippen molar-refractivity contribution >= 4 is 35.0 Å². The lowest BCUT2D eigenvalue weighted by molar-refractivity contribution is -0.146. The first-order valence-electron chi connectivity index (χ1n) is 15.5. The van der Waals surface area contributed by atoms with Gasteiger partial charge in [0.1, 0.15) is 5.01 Å². The molecule has 4 amide bonds. The fraction of sp³-hybridized carbons (Fsp3) is 0.774. The monoisotopic (exact) mass is 638 g/mol. The first kappa shape index (κ1) is 37.6. The van der Waals surface area contributed by atoms with Crippen molar-refractivity contribution in [2.24, 2.45) is 17.3 Å². The summed E-state index contributed by atoms with van der Waals surface area (Å²) in [6, 6.07) is -0.651. The minimum absolute atomic E-state index is 0.0285. The van der Waals surface area contributed by atoms with Gasteiger partial charge in [0, 0.05) is 45.9 Å². The van der Waals surface area contributed by atoms with E-state index in [2.05, 4.69) is 20.9 Å². The van der Waals surface area contributed by atoms with Crippen LogP contribution in [0.15, 0.2) is 11.6 Å². The summed E-state index contributed by atoms with van der Waals surface area (Å²) in [6.07, 6.45) is 3.02. The van der Waals surface area contributed by atoms with E-state index in [0.717, 1.165) is 24.3 Å². The van der Waals surface area contributed by atoms with Crippen LogP contribution in [0.5, 0.6) is 0 Å². The predicted octanol–water partition coefficient (Wildman–Crippen LogP) is 2.04. The molecule has 2 heterocycles. The summed E-state index contributed by atoms with van der Waals surface area (Å²) >= 11 is 1.48. The molecule has 0 aliphatic carbocycles. The Morgan fingerprint density at radius 3 is 2.45 bits per heavy atom. The molecule has 1 aromatic rings. The number of likely N-dealkylation sites (tertiary alicyclic amines) is 1. The summed E-state index contributed by atoms with van der Waals surface area (Å²) in [5.74, 6) is -1.18. The largest absolute Gasteiger partial charge is 0.379 e. The number of carbonyl (C=O) groups excluding carboxylic acids is 4. The third-order valence-electron chi connectivity index (χ3n) is 8.84. The number of carbonyl (C=O) groups is 4. The number of hydrogen-bond donors (Lipinski definition) is 3. The van der Waals surface area contributed by atoms with Gasteiger partial charge in [-0.3, -0.25) is 19.2 Å². The lowest BCUT2D eigenvalue weighted by Crippen LogP contribution is -2.54. The predicted molar refractivity (Wildman–Crippen MR) is 171 cm³/mol. The highest BCUT2D eigenvalue weighted by atomic mass is 32.1. The molecule has 0 spiro atoms. The van der Waals surface area contributed by atoms with Crippen LogP contribution < -0.4 is 16.0 Å². The Morgan fingerprint density at radius 1 is 1.18 bits per heavy atom. The summed E-state index contributed by atoms with van der Waals surface area (Å²) in [5.41, 5.74) is -0.670. The lowest BCUT2D eigenvalue weighted by atomic mass is 9.90. The molecule has 0 bridgehead atoms. The number of aromatic nitrogens is 1. The number of hydrogen-bond acceptors (Lipinski definition) is 9. The summed E-state index contributed by atoms with van der Waals surface area (Å²) in [5, 5.41) is 11.4. The van der Waals surface area contributed by atoms with Crippen molar-refractivity contribution in [2.45, 2.75) is 91.1 Å². The van der Waals surface area contributed by atoms with Gasteiger partial charge in [-0.2, -0.15) is 0 Å². The van der Waals surface area contributed by atoms with E-state index in [0.29, 0.717) is 19.6 Å². The summed E-state index contributed by atoms with van der Waals surface area (Å²) < 4.78 is 11.7. The van der Waals surface area contributed by atoms with Gasteiger partial charge in [-0.1, -0.05) is 27.2 Å². The third-order valence-corrected chi connectivity index (χ3v) is 9.61. The van der Waals surface area contributed by atoms with Gasteiger partial charge < -0.3 is 35.2 Å². The Bertz CT molecular complexity index is 1070. The molecule has 1 saturated heterocycles. The van der Waals surface area contributed by atoms with Crippen molar-refractivity contribution in [1.29, 1.82) is 0 Å². The number of likely N-dealkylation sites (N-methyl/N-ethyl adjacent to an activating group) is 1. The van der Waals surface area contributed by atoms with Gasteiger partial charge in [0.15, 0.2) is 0 Å². The topological polar surface area (TPSA) is 142 Å². The fourth-order valence-corrected chi connectivity index (χ4v) is 6.59. The van der Waals surface area contributed by atoms with Crippen LogP contribution in [0.2, 0.25) is 0 Å². The highest BCUT2D eigenvalue weighted by molar-refractivity contribution is 7.09. The van der Waals surface area contributed by atoms with Crippen LogP contribution >= 0.6 is 11.3 Å². The standard InChI is InChI=1S/C31H54N6O6S/c1-10-20(2)27(36(7)26(39)18-35-30(41)31(4,5)19-32-6)23(42-8)16-25(38)37-14-11-12-22(37)28(43-9)21(3)29(40)34-17-24-33-13-15-44-24/h13,15,20-23,27-28,32H,10-12,14,16-19H2,1-9H3,(H,34,40)(H,35,41). The molecule has 0 radical (unpaired) electrons. The van der Waals surface area contributed by atoms with Gasteiger partial charge in [-0.25, -0.2) is 4.98 Å². The smallest absolute Gasteiger partial charge is 0.242 e. The molecule has 12 nitrogen and oxygen atoms in total. The van der Waals surface area contributed by atoms with Crippen LogP contribution in [-0.2, 0) is 35.2 Å². The van der Waals surface area contributed by atoms with E-state index >= 15 is 0 Å². The van der Waals surface area contributed by atoms with Crippen LogP contribution in [0.4, 0.5) is 0 Å². The van der Waals surface area contributed by atoms with Crippen molar-refractivity contribution in [3.8, 4) is 0 Å². The molecule has 1 aromatic heterocycles. The average Bonchev–Trinajstić information content (AvgIpc) is 3.70. The maximum absolute atomic E-state index is 13.8. The van der Waals surface area contributed by atoms with Crippen molar-refractivity contribution in [1.82, 2.24) is 30.7 Å². The summed E-state index contributed by atoms with van der Waals surface area (Å²) in [6.45, 7) is 10.8. The van der Waals surface area contributed by atoms with Gasteiger partial charge >= 0.3 is 0 Å². The van der Waals surface area contributed by atoms with Gasteiger partial charge in [0.25, 0.3) is 0 Å². The zero-order valence-corrected chi connectivity index (χ0v) is 28.8. The Morgan fingerprint density at radius 2 is 1.89 bits per heavy atom. The van der Waals surface area contributed by atoms with E-state index in [1.54, 1.807) is 39.4 Å². The van der Waals surface area contributed by atoms with E-state index in [-0.39, 0.29) is 48.6 Å². The third kappa shape index (κ3) is 9.95. The van der Waals surface area contributed by atoms with E-state index in [9.17, 15) is 19.2 Å². The molecule has 2 rings (SSSR count). The van der Waals surface area contributed by atoms with Crippen LogP contribution in [-0.4, -0.2) is 111 Å². The Balaban J connectivity index is 2.12. The second-order valence-electron chi connectivity index (χ2n) is 12.4. The molecular weight excluding hydrogens is 584 g/mol. The lowest BCUT2D eigenvalue weighted by Gasteiger charge is -2.39. The zero-order valence-electron chi connectivity index (χ0n) is 28.0. The number of amides is 4. The first-order chi connectivity index (χ1) is 20.8. The van der Waals surface area contributed by atoms with E-state index < -0.39 is 29.6 Å². The molecule has 0 saturated carbocycles. The molecule has 6 atom stereocenters. The number of thiazole rings is 1. The number of nitrogens with zero attached hydrogens (tertiary/aromatic N) is 3. The summed E-state index contributed by atoms with van der Waals surface area (Å²) in [7, 11) is 6.61. The van der Waals surface area contributed by atoms with Crippen molar-refractivity contribution in [2.75, 3.05) is 47.9 Å². The first-order valence-corrected chi connectivity index (χ1v) is 16.4. The maximum Gasteiger partial charge on any atom is 0.242 e. The van der Waals surface area contributed by atoms with Crippen molar-refractivity contribution < 1.29 is 28.7 Å². The zero-order chi connectivity index (χ0) is 33.0. The SMILES string of the molecule is CCC(C)C(C(CC(=O)N1CCCC1C(OC)C(C)C(=O)NCc1nccs1)OC)N(C)C(=O)CNC(=O)C(C)(C)CNC. The van der Waals surface area contributed by atoms with E-state index in [1.807, 2.05) is 44.9 Å². The number of methoxy groups -OCH3 is 2. The van der Waals surface area contributed by atoms with Crippen LogP contribution in [0, 0.1) is 17.3 Å². The fourth-order valence-electron chi connectivity index (χ4n) is 6.03. The quantitative estimate of drug-likeness (QED) is 0.222. The van der Waals surface area contributed by atoms with Gasteiger partial charge in [-0.15, -0.1) is 11.3 Å². The van der Waals surface area contributed by atoms with Gasteiger partial charge in [0.05, 0.1) is 55.1 Å². The van der Waals surface area contributed by atoms with Gasteiger partial charge in [-0.05, 0) is 39.7 Å². The normalized spacial score (nSPS) is 18.7. The van der Waals surface area contributed by atoms with Crippen LogP contribution in [0.25, 0.3) is 0 Å². The average molecular weight is 639 g/mol. The molecule has 13 heteroatoms. The molecule has 250 valence electrons. The molecule has 1 aliphatic heterocycles. The Hall–Kier alpha value is -2.61. The number of rotatable bonds is 18. The summed E-state index contributed by atoms with van der Waals surface area (Å²) in [4.78, 5) is 60.4. The number of nitrogens with one attached hydrogen (secondary N) is 3. The highest BCUT2D eigenvalue weighted by Crippen LogP contribution is 2.29. The molecule has 44 heavy (non-hydrogen) atoms. The Labute approximate surface area is 267 Å². The minimum atomic E-state index is -0.670. The van der Waals surface area contributed by atoms with Crippen molar-refractivity contribution in [3.05, 3.63) is 16.6 Å². The maximum atomic E-state index is 13.8. The van der Waals surface area contributed by atoms with Crippen LogP contribution in [0.1, 0.15) is 65.3 Å².